The summed E-state index contributed by atoms with van der Waals surface area (Å²) in [6.07, 6.45) is 0. The Labute approximate surface area is 230 Å². The molecule has 0 saturated carbocycles. The Morgan fingerprint density at radius 2 is 1.30 bits per heavy atom. The second-order valence-electron chi connectivity index (χ2n) is 9.01. The molecule has 6 nitrogen and oxygen atoms in total. The van der Waals surface area contributed by atoms with Crippen LogP contribution in [0.1, 0.15) is 11.1 Å². The minimum atomic E-state index is 0.236. The smallest absolute Gasteiger partial charge is 0.196 e. The van der Waals surface area contributed by atoms with Crippen molar-refractivity contribution >= 4 is 50.4 Å². The fourth-order valence-electron chi connectivity index (χ4n) is 4.91. The largest absolute Gasteiger partial charge is 0.455 e. The van der Waals surface area contributed by atoms with Crippen LogP contribution >= 0.6 is 0 Å². The number of para-hydroxylation sites is 2. The molecule has 1 aromatic heterocycles. The third-order valence-corrected chi connectivity index (χ3v) is 6.80. The molecule has 0 atom stereocenters. The Morgan fingerprint density at radius 1 is 0.625 bits per heavy atom. The monoisotopic (exact) mass is 511 g/mol. The first-order valence-corrected chi connectivity index (χ1v) is 12.3. The van der Waals surface area contributed by atoms with E-state index in [0.717, 1.165) is 38.8 Å². The summed E-state index contributed by atoms with van der Waals surface area (Å²) in [6.45, 7) is 14.9. The number of nitriles is 2. The number of hydrogen-bond acceptors (Lipinski definition) is 4. The third-order valence-electron chi connectivity index (χ3n) is 6.80. The molecule has 184 valence electrons. The summed E-state index contributed by atoms with van der Waals surface area (Å²) in [6, 6.07) is 36.2. The lowest BCUT2D eigenvalue weighted by Crippen LogP contribution is -2.10. The highest BCUT2D eigenvalue weighted by atomic mass is 16.3. The highest BCUT2D eigenvalue weighted by Crippen LogP contribution is 2.41. The van der Waals surface area contributed by atoms with E-state index in [4.69, 9.17) is 17.6 Å². The molecule has 6 rings (SSSR count). The van der Waals surface area contributed by atoms with Crippen molar-refractivity contribution in [2.75, 3.05) is 4.90 Å². The summed E-state index contributed by atoms with van der Waals surface area (Å²) in [5.41, 5.74) is 6.70. The van der Waals surface area contributed by atoms with Gasteiger partial charge < -0.3 is 9.32 Å². The lowest BCUT2D eigenvalue weighted by Gasteiger charge is -2.26. The van der Waals surface area contributed by atoms with Gasteiger partial charge in [0, 0.05) is 33.4 Å². The summed E-state index contributed by atoms with van der Waals surface area (Å²) in [7, 11) is 0. The van der Waals surface area contributed by atoms with Gasteiger partial charge in [0.05, 0.1) is 24.3 Å². The van der Waals surface area contributed by atoms with Gasteiger partial charge in [-0.15, -0.1) is 0 Å². The van der Waals surface area contributed by atoms with Gasteiger partial charge in [-0.2, -0.15) is 10.5 Å². The van der Waals surface area contributed by atoms with Gasteiger partial charge >= 0.3 is 0 Å². The number of rotatable bonds is 4. The van der Waals surface area contributed by atoms with E-state index in [-0.39, 0.29) is 22.5 Å². The van der Waals surface area contributed by atoms with E-state index in [1.165, 1.54) is 0 Å². The first kappa shape index (κ1) is 24.0. The SMILES string of the molecule is [C-]#[N+]c1ccc(N(c2ccc(-c3cccc4c3oc3ccccc34)cc2)c2ccc(C#N)c(C#N)c2)cc1[N+]#[C-]. The Bertz CT molecular complexity index is 2040. The van der Waals surface area contributed by atoms with Crippen LogP contribution < -0.4 is 4.90 Å². The van der Waals surface area contributed by atoms with Gasteiger partial charge in [0.2, 0.25) is 0 Å². The molecule has 1 heterocycles. The van der Waals surface area contributed by atoms with Crippen LogP contribution in [0.4, 0.5) is 28.4 Å². The summed E-state index contributed by atoms with van der Waals surface area (Å²) < 4.78 is 6.23. The molecule has 0 aliphatic heterocycles. The molecule has 6 aromatic rings. The molecule has 0 aliphatic rings. The number of fused-ring (bicyclic) bond motifs is 3. The molecule has 0 radical (unpaired) electrons. The van der Waals surface area contributed by atoms with E-state index in [1.54, 1.807) is 36.4 Å². The van der Waals surface area contributed by atoms with Crippen LogP contribution in [0.5, 0.6) is 0 Å². The Morgan fingerprint density at radius 3 is 2.05 bits per heavy atom. The van der Waals surface area contributed by atoms with E-state index in [0.29, 0.717) is 11.4 Å². The Balaban J connectivity index is 1.50. The summed E-state index contributed by atoms with van der Waals surface area (Å²) in [5, 5.41) is 21.2. The molecular weight excluding hydrogens is 494 g/mol. The van der Waals surface area contributed by atoms with E-state index in [9.17, 15) is 10.5 Å². The van der Waals surface area contributed by atoms with Crippen molar-refractivity contribution in [3.05, 3.63) is 137 Å². The molecule has 0 N–H and O–H groups in total. The molecule has 0 spiro atoms. The molecule has 5 aromatic carbocycles. The molecule has 0 unspecified atom stereocenters. The van der Waals surface area contributed by atoms with Gasteiger partial charge in [0.1, 0.15) is 23.3 Å². The summed E-state index contributed by atoms with van der Waals surface area (Å²) >= 11 is 0. The topological polar surface area (TPSA) is 72.7 Å². The molecule has 0 fully saturated rings. The highest BCUT2D eigenvalue weighted by molar-refractivity contribution is 6.09. The van der Waals surface area contributed by atoms with Crippen LogP contribution in [0.15, 0.2) is 108 Å². The number of benzene rings is 5. The van der Waals surface area contributed by atoms with Crippen LogP contribution in [-0.4, -0.2) is 0 Å². The van der Waals surface area contributed by atoms with Crippen LogP contribution in [-0.2, 0) is 0 Å². The van der Waals surface area contributed by atoms with E-state index in [2.05, 4.69) is 34.0 Å². The van der Waals surface area contributed by atoms with Gasteiger partial charge in [-0.3, -0.25) is 9.69 Å². The zero-order valence-electron chi connectivity index (χ0n) is 21.0. The normalized spacial score (nSPS) is 10.4. The van der Waals surface area contributed by atoms with E-state index >= 15 is 0 Å². The van der Waals surface area contributed by atoms with Crippen molar-refractivity contribution in [1.29, 1.82) is 10.5 Å². The lowest BCUT2D eigenvalue weighted by atomic mass is 10.0. The first-order chi connectivity index (χ1) is 19.6. The number of furan rings is 1. The number of anilines is 3. The molecule has 0 aliphatic carbocycles. The molecule has 6 heteroatoms. The molecule has 40 heavy (non-hydrogen) atoms. The summed E-state index contributed by atoms with van der Waals surface area (Å²) in [4.78, 5) is 8.89. The maximum Gasteiger partial charge on any atom is 0.196 e. The molecular formula is C34H17N5O. The van der Waals surface area contributed by atoms with E-state index in [1.807, 2.05) is 59.5 Å². The standard InChI is InChI=1S/C34H17N5O/c1-37-31-17-16-27(19-32(31)38-2)39(26-15-12-23(20-35)24(18-26)21-36)25-13-10-22(11-14-25)28-7-5-8-30-29-6-3-4-9-33(29)40-34(28)30/h3-19H. The lowest BCUT2D eigenvalue weighted by molar-refractivity contribution is 0.670. The van der Waals surface area contributed by atoms with Crippen LogP contribution in [0.25, 0.3) is 42.8 Å². The van der Waals surface area contributed by atoms with Gasteiger partial charge in [0.25, 0.3) is 0 Å². The Hall–Kier alpha value is -6.34. The molecule has 0 bridgehead atoms. The van der Waals surface area contributed by atoms with Crippen molar-refractivity contribution < 1.29 is 4.42 Å². The second-order valence-corrected chi connectivity index (χ2v) is 9.01. The van der Waals surface area contributed by atoms with E-state index < -0.39 is 0 Å². The average Bonchev–Trinajstić information content (AvgIpc) is 3.40. The Kier molecular flexibility index (Phi) is 5.91. The van der Waals surface area contributed by atoms with Crippen molar-refractivity contribution in [3.8, 4) is 23.3 Å². The van der Waals surface area contributed by atoms with Gasteiger partial charge in [-0.05, 0) is 48.0 Å². The third kappa shape index (κ3) is 3.96. The molecule has 0 amide bonds. The highest BCUT2D eigenvalue weighted by Gasteiger charge is 2.18. The fourth-order valence-corrected chi connectivity index (χ4v) is 4.91. The molecule has 0 saturated heterocycles. The van der Waals surface area contributed by atoms with Gasteiger partial charge in [0.15, 0.2) is 11.4 Å². The van der Waals surface area contributed by atoms with Crippen molar-refractivity contribution in [1.82, 2.24) is 0 Å². The summed E-state index contributed by atoms with van der Waals surface area (Å²) in [5.74, 6) is 0. The average molecular weight is 512 g/mol. The first-order valence-electron chi connectivity index (χ1n) is 12.3. The van der Waals surface area contributed by atoms with Crippen LogP contribution in [0, 0.1) is 35.8 Å². The maximum absolute atomic E-state index is 9.65. The zero-order valence-corrected chi connectivity index (χ0v) is 21.0. The minimum Gasteiger partial charge on any atom is -0.455 e. The maximum atomic E-state index is 9.65. The zero-order chi connectivity index (χ0) is 27.6. The number of hydrogen-bond donors (Lipinski definition) is 0. The van der Waals surface area contributed by atoms with Crippen molar-refractivity contribution in [2.45, 2.75) is 0 Å². The van der Waals surface area contributed by atoms with Gasteiger partial charge in [-0.25, -0.2) is 0 Å². The van der Waals surface area contributed by atoms with Crippen LogP contribution in [0.2, 0.25) is 0 Å². The number of nitrogens with zero attached hydrogens (tertiary/aromatic N) is 5. The second kappa shape index (κ2) is 9.85. The predicted molar refractivity (Wildman–Crippen MR) is 156 cm³/mol. The quantitative estimate of drug-likeness (QED) is 0.221. The van der Waals surface area contributed by atoms with Gasteiger partial charge in [-0.1, -0.05) is 60.7 Å². The minimum absolute atomic E-state index is 0.236. The van der Waals surface area contributed by atoms with Crippen molar-refractivity contribution in [3.63, 3.8) is 0 Å². The fraction of sp³-hybridized carbons (Fsp3) is 0. The van der Waals surface area contributed by atoms with Crippen LogP contribution in [0.3, 0.4) is 0 Å². The predicted octanol–water partition coefficient (Wildman–Crippen LogP) is 9.57. The van der Waals surface area contributed by atoms with Crippen molar-refractivity contribution in [2.24, 2.45) is 0 Å².